The Balaban J connectivity index is 2.32. The second-order valence-corrected chi connectivity index (χ2v) is 4.22. The molecule has 1 aromatic rings. The maximum absolute atomic E-state index is 11.7. The Morgan fingerprint density at radius 1 is 1.47 bits per heavy atom. The third-order valence-corrected chi connectivity index (χ3v) is 2.47. The molecule has 0 fully saturated rings. The van der Waals surface area contributed by atoms with E-state index in [9.17, 15) is 9.59 Å². The fraction of sp³-hybridized carbons (Fsp3) is 0.583. The molecule has 7 nitrogen and oxygen atoms in total. The summed E-state index contributed by atoms with van der Waals surface area (Å²) < 4.78 is 4.83. The molecule has 2 N–H and O–H groups in total. The minimum atomic E-state index is -0.299. The molecule has 0 radical (unpaired) electrons. The van der Waals surface area contributed by atoms with E-state index in [2.05, 4.69) is 15.8 Å². The van der Waals surface area contributed by atoms with Crippen LogP contribution in [-0.2, 0) is 9.59 Å². The van der Waals surface area contributed by atoms with Gasteiger partial charge in [0.25, 0.3) is 0 Å². The summed E-state index contributed by atoms with van der Waals surface area (Å²) in [5.41, 5.74) is 0. The summed E-state index contributed by atoms with van der Waals surface area (Å²) in [6, 6.07) is 1.62. The van der Waals surface area contributed by atoms with Crippen LogP contribution in [0.25, 0.3) is 0 Å². The fourth-order valence-corrected chi connectivity index (χ4v) is 1.47. The molecule has 0 aliphatic carbocycles. The van der Waals surface area contributed by atoms with Gasteiger partial charge in [-0.2, -0.15) is 0 Å². The second kappa shape index (κ2) is 7.52. The van der Waals surface area contributed by atoms with Crippen molar-refractivity contribution in [1.29, 1.82) is 0 Å². The maximum Gasteiger partial charge on any atom is 0.245 e. The number of hydrogen-bond acceptors (Lipinski definition) is 5. The van der Waals surface area contributed by atoms with E-state index in [0.29, 0.717) is 24.5 Å². The number of nitrogens with zero attached hydrogens (tertiary/aromatic N) is 2. The molecular formula is C12H20N4O3. The highest BCUT2D eigenvalue weighted by Gasteiger charge is 2.13. The molecule has 0 saturated heterocycles. The minimum Gasteiger partial charge on any atom is -0.360 e. The van der Waals surface area contributed by atoms with Crippen LogP contribution < -0.4 is 10.6 Å². The van der Waals surface area contributed by atoms with Crippen molar-refractivity contribution in [2.45, 2.75) is 20.3 Å². The number of nitrogens with one attached hydrogen (secondary N) is 2. The maximum atomic E-state index is 11.7. The van der Waals surface area contributed by atoms with E-state index in [1.165, 1.54) is 4.90 Å². The zero-order chi connectivity index (χ0) is 14.3. The third-order valence-electron chi connectivity index (χ3n) is 2.47. The summed E-state index contributed by atoms with van der Waals surface area (Å²) in [4.78, 5) is 24.7. The normalized spacial score (nSPS) is 10.3. The van der Waals surface area contributed by atoms with Gasteiger partial charge >= 0.3 is 0 Å². The summed E-state index contributed by atoms with van der Waals surface area (Å²) >= 11 is 0. The van der Waals surface area contributed by atoms with Crippen LogP contribution in [0.5, 0.6) is 0 Å². The van der Waals surface area contributed by atoms with E-state index in [0.717, 1.165) is 6.54 Å². The fourth-order valence-electron chi connectivity index (χ4n) is 1.47. The Hall–Kier alpha value is -1.89. The monoisotopic (exact) mass is 268 g/mol. The van der Waals surface area contributed by atoms with Crippen LogP contribution >= 0.6 is 0 Å². The van der Waals surface area contributed by atoms with Crippen molar-refractivity contribution in [3.05, 3.63) is 11.8 Å². The van der Waals surface area contributed by atoms with Crippen LogP contribution in [0.4, 0.5) is 5.82 Å². The Kier molecular flexibility index (Phi) is 6.01. The van der Waals surface area contributed by atoms with Crippen molar-refractivity contribution in [1.82, 2.24) is 15.4 Å². The molecule has 0 atom stereocenters. The van der Waals surface area contributed by atoms with Gasteiger partial charge in [0.05, 0.1) is 6.54 Å². The number of likely N-dealkylation sites (N-methyl/N-ethyl adjacent to an activating group) is 1. The first kappa shape index (κ1) is 15.2. The van der Waals surface area contributed by atoms with Gasteiger partial charge in [0, 0.05) is 26.1 Å². The van der Waals surface area contributed by atoms with Crippen molar-refractivity contribution in [2.24, 2.45) is 0 Å². The number of carbonyl (C=O) groups excluding carboxylic acids is 2. The summed E-state index contributed by atoms with van der Waals surface area (Å²) in [7, 11) is 1.60. The molecule has 0 aromatic carbocycles. The van der Waals surface area contributed by atoms with Crippen LogP contribution in [0.3, 0.4) is 0 Å². The van der Waals surface area contributed by atoms with Gasteiger partial charge in [-0.3, -0.25) is 9.59 Å². The van der Waals surface area contributed by atoms with E-state index in [1.54, 1.807) is 20.0 Å². The Morgan fingerprint density at radius 2 is 2.21 bits per heavy atom. The lowest BCUT2D eigenvalue weighted by molar-refractivity contribution is -0.133. The molecule has 0 unspecified atom stereocenters. The zero-order valence-electron chi connectivity index (χ0n) is 11.5. The van der Waals surface area contributed by atoms with E-state index in [4.69, 9.17) is 4.52 Å². The standard InChI is InChI=1S/C12H20N4O3/c1-4-13-6-5-12(18)16(3)8-11(17)14-10-7-9(2)19-15-10/h7,13H,4-6,8H2,1-3H3,(H,14,15,17). The summed E-state index contributed by atoms with van der Waals surface area (Å²) in [5.74, 6) is 0.599. The number of aromatic nitrogens is 1. The summed E-state index contributed by atoms with van der Waals surface area (Å²) in [6.07, 6.45) is 0.376. The van der Waals surface area contributed by atoms with Crippen LogP contribution in [0.2, 0.25) is 0 Å². The zero-order valence-corrected chi connectivity index (χ0v) is 11.5. The quantitative estimate of drug-likeness (QED) is 0.698. The van der Waals surface area contributed by atoms with Crippen molar-refractivity contribution in [3.63, 3.8) is 0 Å². The molecule has 19 heavy (non-hydrogen) atoms. The number of aryl methyl sites for hydroxylation is 1. The number of carbonyl (C=O) groups is 2. The highest BCUT2D eigenvalue weighted by atomic mass is 16.5. The van der Waals surface area contributed by atoms with Gasteiger partial charge in [-0.25, -0.2) is 0 Å². The molecule has 0 saturated carbocycles. The van der Waals surface area contributed by atoms with Gasteiger partial charge in [-0.1, -0.05) is 12.1 Å². The highest BCUT2D eigenvalue weighted by Crippen LogP contribution is 2.06. The topological polar surface area (TPSA) is 87.5 Å². The highest BCUT2D eigenvalue weighted by molar-refractivity contribution is 5.93. The SMILES string of the molecule is CCNCCC(=O)N(C)CC(=O)Nc1cc(C)on1. The first-order valence-corrected chi connectivity index (χ1v) is 6.20. The van der Waals surface area contributed by atoms with Gasteiger partial charge < -0.3 is 20.1 Å². The lowest BCUT2D eigenvalue weighted by Gasteiger charge is -2.16. The molecule has 0 aliphatic rings. The number of hydrogen-bond donors (Lipinski definition) is 2. The van der Waals surface area contributed by atoms with Crippen LogP contribution in [0, 0.1) is 6.92 Å². The second-order valence-electron chi connectivity index (χ2n) is 4.22. The molecule has 2 amide bonds. The van der Waals surface area contributed by atoms with E-state index < -0.39 is 0 Å². The van der Waals surface area contributed by atoms with Crippen molar-refractivity contribution in [2.75, 3.05) is 32.0 Å². The number of amides is 2. The van der Waals surface area contributed by atoms with Gasteiger partial charge in [-0.05, 0) is 13.5 Å². The van der Waals surface area contributed by atoms with Crippen molar-refractivity contribution < 1.29 is 14.1 Å². The first-order valence-electron chi connectivity index (χ1n) is 6.20. The lowest BCUT2D eigenvalue weighted by Crippen LogP contribution is -2.36. The molecule has 106 valence electrons. The van der Waals surface area contributed by atoms with E-state index in [-0.39, 0.29) is 18.4 Å². The molecule has 1 rings (SSSR count). The Labute approximate surface area is 112 Å². The third kappa shape index (κ3) is 5.52. The lowest BCUT2D eigenvalue weighted by atomic mass is 10.3. The van der Waals surface area contributed by atoms with Crippen LogP contribution in [-0.4, -0.2) is 48.6 Å². The molecule has 0 bridgehead atoms. The minimum absolute atomic E-state index is 0.00311. The van der Waals surface area contributed by atoms with Gasteiger partial charge in [0.2, 0.25) is 11.8 Å². The summed E-state index contributed by atoms with van der Waals surface area (Å²) in [5, 5.41) is 9.27. The molecule has 7 heteroatoms. The average molecular weight is 268 g/mol. The van der Waals surface area contributed by atoms with E-state index in [1.807, 2.05) is 6.92 Å². The predicted molar refractivity (Wildman–Crippen MR) is 70.7 cm³/mol. The number of rotatable bonds is 7. The van der Waals surface area contributed by atoms with E-state index >= 15 is 0 Å². The van der Waals surface area contributed by atoms with Crippen LogP contribution in [0.1, 0.15) is 19.1 Å². The molecular weight excluding hydrogens is 248 g/mol. The largest absolute Gasteiger partial charge is 0.360 e. The molecule has 0 spiro atoms. The Bertz CT molecular complexity index is 430. The van der Waals surface area contributed by atoms with Crippen LogP contribution in [0.15, 0.2) is 10.6 Å². The average Bonchev–Trinajstić information content (AvgIpc) is 2.74. The summed E-state index contributed by atoms with van der Waals surface area (Å²) in [6.45, 7) is 5.14. The van der Waals surface area contributed by atoms with Gasteiger partial charge in [-0.15, -0.1) is 0 Å². The Morgan fingerprint density at radius 3 is 2.79 bits per heavy atom. The molecule has 1 aromatic heterocycles. The smallest absolute Gasteiger partial charge is 0.245 e. The van der Waals surface area contributed by atoms with Gasteiger partial charge in [0.15, 0.2) is 5.82 Å². The first-order chi connectivity index (χ1) is 9.02. The van der Waals surface area contributed by atoms with Crippen molar-refractivity contribution in [3.8, 4) is 0 Å². The predicted octanol–water partition coefficient (Wildman–Crippen LogP) is 0.380. The number of anilines is 1. The van der Waals surface area contributed by atoms with Crippen molar-refractivity contribution >= 4 is 17.6 Å². The molecule has 0 aliphatic heterocycles. The molecule has 1 heterocycles. The van der Waals surface area contributed by atoms with Gasteiger partial charge in [0.1, 0.15) is 5.76 Å².